The van der Waals surface area contributed by atoms with Gasteiger partial charge >= 0.3 is 0 Å². The summed E-state index contributed by atoms with van der Waals surface area (Å²) < 4.78 is 29.3. The van der Waals surface area contributed by atoms with E-state index >= 15 is 0 Å². The molecule has 26 heavy (non-hydrogen) atoms. The van der Waals surface area contributed by atoms with Gasteiger partial charge in [0.05, 0.1) is 20.1 Å². The Kier molecular flexibility index (Phi) is 5.64. The Morgan fingerprint density at radius 1 is 1.31 bits per heavy atom. The van der Waals surface area contributed by atoms with Crippen molar-refractivity contribution in [1.82, 2.24) is 14.6 Å². The third kappa shape index (κ3) is 4.24. The van der Waals surface area contributed by atoms with Gasteiger partial charge in [0, 0.05) is 13.1 Å². The maximum absolute atomic E-state index is 12.9. The summed E-state index contributed by atoms with van der Waals surface area (Å²) in [6.45, 7) is 7.29. The van der Waals surface area contributed by atoms with Crippen LogP contribution in [0.25, 0.3) is 10.2 Å². The standard InChI is InChI=1S/C18H25N3O3S2/c1-12(2)10-16(18(22)21-8-4-5-9-21)20-26(23,24)14-6-7-15-17(11-14)25-13(3)19-15/h6-7,11-12,16,20H,4-5,8-10H2,1-3H3. The number of benzene rings is 1. The first-order valence-corrected chi connectivity index (χ1v) is 11.2. The fourth-order valence-electron chi connectivity index (χ4n) is 3.27. The van der Waals surface area contributed by atoms with Gasteiger partial charge in [0.2, 0.25) is 15.9 Å². The fourth-order valence-corrected chi connectivity index (χ4v) is 5.44. The van der Waals surface area contributed by atoms with Crippen molar-refractivity contribution in [3.05, 3.63) is 23.2 Å². The summed E-state index contributed by atoms with van der Waals surface area (Å²) in [6.07, 6.45) is 2.44. The van der Waals surface area contributed by atoms with Crippen molar-refractivity contribution in [2.45, 2.75) is 51.0 Å². The highest BCUT2D eigenvalue weighted by atomic mass is 32.2. The van der Waals surface area contributed by atoms with Crippen LogP contribution in [0, 0.1) is 12.8 Å². The average molecular weight is 396 g/mol. The molecule has 1 aliphatic rings. The molecule has 1 aromatic carbocycles. The van der Waals surface area contributed by atoms with E-state index in [9.17, 15) is 13.2 Å². The molecule has 0 spiro atoms. The van der Waals surface area contributed by atoms with Crippen LogP contribution in [0.15, 0.2) is 23.1 Å². The van der Waals surface area contributed by atoms with Crippen LogP contribution >= 0.6 is 11.3 Å². The molecule has 1 aromatic heterocycles. The van der Waals surface area contributed by atoms with E-state index in [2.05, 4.69) is 9.71 Å². The third-order valence-electron chi connectivity index (χ3n) is 4.50. The van der Waals surface area contributed by atoms with Crippen molar-refractivity contribution in [1.29, 1.82) is 0 Å². The average Bonchev–Trinajstić information content (AvgIpc) is 3.20. The second-order valence-corrected chi connectivity index (χ2v) is 10.1. The molecule has 142 valence electrons. The second kappa shape index (κ2) is 7.62. The molecule has 0 radical (unpaired) electrons. The van der Waals surface area contributed by atoms with Crippen LogP contribution in [0.4, 0.5) is 0 Å². The van der Waals surface area contributed by atoms with Crippen molar-refractivity contribution in [3.63, 3.8) is 0 Å². The monoisotopic (exact) mass is 395 g/mol. The van der Waals surface area contributed by atoms with Crippen molar-refractivity contribution < 1.29 is 13.2 Å². The van der Waals surface area contributed by atoms with Gasteiger partial charge in [0.1, 0.15) is 6.04 Å². The molecule has 3 rings (SSSR count). The minimum absolute atomic E-state index is 0.116. The summed E-state index contributed by atoms with van der Waals surface area (Å²) in [5.74, 6) is 0.0929. The van der Waals surface area contributed by atoms with Gasteiger partial charge in [0.15, 0.2) is 0 Å². The molecule has 8 heteroatoms. The Hall–Kier alpha value is -1.51. The van der Waals surface area contributed by atoms with Crippen LogP contribution in [0.5, 0.6) is 0 Å². The molecule has 0 bridgehead atoms. The van der Waals surface area contributed by atoms with E-state index in [1.807, 2.05) is 20.8 Å². The van der Waals surface area contributed by atoms with Gasteiger partial charge < -0.3 is 4.90 Å². The first-order chi connectivity index (χ1) is 12.3. The summed E-state index contributed by atoms with van der Waals surface area (Å²) in [5, 5.41) is 0.893. The van der Waals surface area contributed by atoms with Gasteiger partial charge in [-0.05, 0) is 50.3 Å². The number of nitrogens with one attached hydrogen (secondary N) is 1. The second-order valence-electron chi connectivity index (χ2n) is 7.20. The number of fused-ring (bicyclic) bond motifs is 1. The molecule has 2 heterocycles. The number of nitrogens with zero attached hydrogens (tertiary/aromatic N) is 2. The van der Waals surface area contributed by atoms with Gasteiger partial charge in [-0.3, -0.25) is 4.79 Å². The zero-order chi connectivity index (χ0) is 18.9. The van der Waals surface area contributed by atoms with E-state index in [1.165, 1.54) is 11.3 Å². The predicted molar refractivity (Wildman–Crippen MR) is 104 cm³/mol. The smallest absolute Gasteiger partial charge is 0.241 e. The Morgan fingerprint density at radius 2 is 2.00 bits per heavy atom. The lowest BCUT2D eigenvalue weighted by atomic mass is 10.0. The van der Waals surface area contributed by atoms with Gasteiger partial charge in [-0.2, -0.15) is 4.72 Å². The molecule has 1 aliphatic heterocycles. The summed E-state index contributed by atoms with van der Waals surface area (Å²) in [7, 11) is -3.78. The van der Waals surface area contributed by atoms with Crippen molar-refractivity contribution in [2.24, 2.45) is 5.92 Å². The number of sulfonamides is 1. The zero-order valence-electron chi connectivity index (χ0n) is 15.4. The molecule has 1 amide bonds. The van der Waals surface area contributed by atoms with E-state index in [0.717, 1.165) is 28.1 Å². The van der Waals surface area contributed by atoms with Crippen LogP contribution in [0.2, 0.25) is 0 Å². The molecule has 6 nitrogen and oxygen atoms in total. The van der Waals surface area contributed by atoms with Crippen LogP contribution in [-0.4, -0.2) is 43.3 Å². The van der Waals surface area contributed by atoms with Crippen LogP contribution < -0.4 is 4.72 Å². The lowest BCUT2D eigenvalue weighted by Gasteiger charge is -2.25. The highest BCUT2D eigenvalue weighted by Gasteiger charge is 2.31. The molecule has 1 fully saturated rings. The van der Waals surface area contributed by atoms with Crippen molar-refractivity contribution in [2.75, 3.05) is 13.1 Å². The summed E-state index contributed by atoms with van der Waals surface area (Å²) >= 11 is 1.46. The van der Waals surface area contributed by atoms with E-state index in [1.54, 1.807) is 23.1 Å². The quantitative estimate of drug-likeness (QED) is 0.816. The van der Waals surface area contributed by atoms with E-state index < -0.39 is 16.1 Å². The number of carbonyl (C=O) groups excluding carboxylic acids is 1. The lowest BCUT2D eigenvalue weighted by molar-refractivity contribution is -0.132. The topological polar surface area (TPSA) is 79.4 Å². The number of hydrogen-bond acceptors (Lipinski definition) is 5. The molecule has 1 atom stereocenters. The third-order valence-corrected chi connectivity index (χ3v) is 6.90. The predicted octanol–water partition coefficient (Wildman–Crippen LogP) is 2.92. The highest BCUT2D eigenvalue weighted by Crippen LogP contribution is 2.25. The zero-order valence-corrected chi connectivity index (χ0v) is 17.0. The molecule has 1 saturated heterocycles. The van der Waals surface area contributed by atoms with Crippen LogP contribution in [-0.2, 0) is 14.8 Å². The first-order valence-electron chi connectivity index (χ1n) is 8.94. The van der Waals surface area contributed by atoms with Gasteiger partial charge in [-0.15, -0.1) is 11.3 Å². The van der Waals surface area contributed by atoms with Crippen LogP contribution in [0.3, 0.4) is 0 Å². The lowest BCUT2D eigenvalue weighted by Crippen LogP contribution is -2.48. The maximum Gasteiger partial charge on any atom is 0.241 e. The number of carbonyl (C=O) groups is 1. The number of rotatable bonds is 6. The SMILES string of the molecule is Cc1nc2ccc(S(=O)(=O)NC(CC(C)C)C(=O)N3CCCC3)cc2s1. The van der Waals surface area contributed by atoms with Gasteiger partial charge in [-0.25, -0.2) is 13.4 Å². The normalized spacial score (nSPS) is 16.5. The largest absolute Gasteiger partial charge is 0.341 e. The van der Waals surface area contributed by atoms with Gasteiger partial charge in [-0.1, -0.05) is 13.8 Å². The molecular formula is C18H25N3O3S2. The fraction of sp³-hybridized carbons (Fsp3) is 0.556. The summed E-state index contributed by atoms with van der Waals surface area (Å²) in [6, 6.07) is 4.18. The molecule has 1 unspecified atom stereocenters. The van der Waals surface area contributed by atoms with E-state index in [0.29, 0.717) is 19.5 Å². The Bertz CT molecular complexity index is 900. The number of likely N-dealkylation sites (tertiary alicyclic amines) is 1. The number of hydrogen-bond donors (Lipinski definition) is 1. The molecule has 1 N–H and O–H groups in total. The van der Waals surface area contributed by atoms with E-state index in [4.69, 9.17) is 0 Å². The van der Waals surface area contributed by atoms with Crippen molar-refractivity contribution in [3.8, 4) is 0 Å². The maximum atomic E-state index is 12.9. The minimum Gasteiger partial charge on any atom is -0.341 e. The molecular weight excluding hydrogens is 370 g/mol. The Balaban J connectivity index is 1.85. The van der Waals surface area contributed by atoms with Gasteiger partial charge in [0.25, 0.3) is 0 Å². The van der Waals surface area contributed by atoms with Crippen LogP contribution in [0.1, 0.15) is 38.1 Å². The number of aryl methyl sites for hydroxylation is 1. The summed E-state index contributed by atoms with van der Waals surface area (Å²) in [4.78, 5) is 19.1. The molecule has 0 saturated carbocycles. The molecule has 2 aromatic rings. The highest BCUT2D eigenvalue weighted by molar-refractivity contribution is 7.89. The van der Waals surface area contributed by atoms with E-state index in [-0.39, 0.29) is 16.7 Å². The number of amides is 1. The van der Waals surface area contributed by atoms with Crippen molar-refractivity contribution >= 4 is 37.5 Å². The Labute approximate surface area is 158 Å². The first kappa shape index (κ1) is 19.3. The minimum atomic E-state index is -3.78. The number of thiazole rings is 1. The summed E-state index contributed by atoms with van der Waals surface area (Å²) in [5.41, 5.74) is 0.790. The molecule has 0 aliphatic carbocycles. The number of aromatic nitrogens is 1. The Morgan fingerprint density at radius 3 is 2.65 bits per heavy atom.